The number of alkyl halides is 3. The van der Waals surface area contributed by atoms with Gasteiger partial charge in [0.15, 0.2) is 6.07 Å². The molecular weight excluding hydrogens is 163 g/mol. The van der Waals surface area contributed by atoms with E-state index in [2.05, 4.69) is 0 Å². The Kier molecular flexibility index (Phi) is 2.50. The van der Waals surface area contributed by atoms with Gasteiger partial charge in [-0.25, -0.2) is 0 Å². The molecule has 0 bridgehead atoms. The van der Waals surface area contributed by atoms with Gasteiger partial charge in [0.25, 0.3) is 0 Å². The van der Waals surface area contributed by atoms with Gasteiger partial charge < -0.3 is 5.53 Å². The van der Waals surface area contributed by atoms with Gasteiger partial charge in [-0.3, -0.25) is 4.79 Å². The average molecular weight is 163 g/mol. The second-order valence-corrected chi connectivity index (χ2v) is 1.39. The van der Waals surface area contributed by atoms with Gasteiger partial charge in [0, 0.05) is 0 Å². The largest absolute Gasteiger partial charge is 0.463 e. The van der Waals surface area contributed by atoms with E-state index in [0.717, 1.165) is 6.07 Å². The second-order valence-electron chi connectivity index (χ2n) is 1.39. The first kappa shape index (κ1) is 9.33. The molecule has 0 saturated carbocycles. The molecule has 0 saturated heterocycles. The minimum absolute atomic E-state index is 0.788. The molecule has 0 aliphatic heterocycles. The van der Waals surface area contributed by atoms with Crippen molar-refractivity contribution in [1.82, 2.24) is 0 Å². The summed E-state index contributed by atoms with van der Waals surface area (Å²) in [5.41, 5.74) is 6.13. The summed E-state index contributed by atoms with van der Waals surface area (Å²) in [7, 11) is 0. The van der Waals surface area contributed by atoms with Crippen LogP contribution in [0, 0.1) is 11.3 Å². The first-order valence-electron chi connectivity index (χ1n) is 2.17. The smallest absolute Gasteiger partial charge is 0.360 e. The van der Waals surface area contributed by atoms with Crippen molar-refractivity contribution < 1.29 is 22.8 Å². The van der Waals surface area contributed by atoms with Crippen LogP contribution in [0.5, 0.6) is 0 Å². The van der Waals surface area contributed by atoms with Crippen molar-refractivity contribution in [2.24, 2.45) is 0 Å². The average Bonchev–Trinajstić information content (AvgIpc) is 1.88. The van der Waals surface area contributed by atoms with Gasteiger partial charge >= 0.3 is 17.7 Å². The van der Waals surface area contributed by atoms with Crippen molar-refractivity contribution in [3.05, 3.63) is 5.53 Å². The van der Waals surface area contributed by atoms with E-state index in [1.807, 2.05) is 4.79 Å². The molecule has 0 heterocycles. The van der Waals surface area contributed by atoms with Crippen molar-refractivity contribution in [2.45, 2.75) is 6.18 Å². The van der Waals surface area contributed by atoms with Crippen LogP contribution in [0.3, 0.4) is 0 Å². The lowest BCUT2D eigenvalue weighted by molar-refractivity contribution is -0.166. The third-order valence-electron chi connectivity index (χ3n) is 0.678. The number of halogens is 3. The molecule has 0 N–H and O–H groups in total. The number of nitriles is 1. The molecule has 0 amide bonds. The second kappa shape index (κ2) is 2.94. The summed E-state index contributed by atoms with van der Waals surface area (Å²) in [5.74, 6) is -2.46. The molecular formula is C4F3N3O. The Morgan fingerprint density at radius 3 is 2.09 bits per heavy atom. The fourth-order valence-corrected chi connectivity index (χ4v) is 0.253. The van der Waals surface area contributed by atoms with Gasteiger partial charge in [0.05, 0.1) is 0 Å². The molecule has 0 fully saturated rings. The van der Waals surface area contributed by atoms with Crippen LogP contribution in [-0.2, 0) is 4.79 Å². The molecule has 0 atom stereocenters. The van der Waals surface area contributed by atoms with E-state index in [0.29, 0.717) is 0 Å². The maximum Gasteiger partial charge on any atom is 0.463 e. The van der Waals surface area contributed by atoms with Crippen LogP contribution >= 0.6 is 0 Å². The Hall–Kier alpha value is -1.67. The first-order chi connectivity index (χ1) is 4.93. The molecule has 0 unspecified atom stereocenters. The van der Waals surface area contributed by atoms with E-state index in [-0.39, 0.29) is 0 Å². The van der Waals surface area contributed by atoms with E-state index in [4.69, 9.17) is 10.8 Å². The van der Waals surface area contributed by atoms with Crippen LogP contribution in [0.15, 0.2) is 0 Å². The van der Waals surface area contributed by atoms with Crippen molar-refractivity contribution in [3.63, 3.8) is 0 Å². The summed E-state index contributed by atoms with van der Waals surface area (Å²) in [6.07, 6.45) is -5.17. The quantitative estimate of drug-likeness (QED) is 0.317. The third kappa shape index (κ3) is 2.20. The third-order valence-corrected chi connectivity index (χ3v) is 0.678. The van der Waals surface area contributed by atoms with Gasteiger partial charge in [-0.2, -0.15) is 23.2 Å². The molecule has 0 radical (unpaired) electrons. The molecule has 0 aliphatic rings. The molecule has 58 valence electrons. The summed E-state index contributed by atoms with van der Waals surface area (Å²) in [5, 5.41) is 7.80. The molecule has 0 aromatic carbocycles. The SMILES string of the molecule is N#CC(=[N+]=[N-])C(=O)C(F)(F)F. The number of hydrogen-bond donors (Lipinski definition) is 0. The minimum Gasteiger partial charge on any atom is -0.360 e. The lowest BCUT2D eigenvalue weighted by atomic mass is 10.2. The predicted molar refractivity (Wildman–Crippen MR) is 25.3 cm³/mol. The molecule has 0 rings (SSSR count). The number of hydrogen-bond acceptors (Lipinski definition) is 2. The number of nitrogens with zero attached hydrogens (tertiary/aromatic N) is 3. The molecule has 0 aromatic rings. The fourth-order valence-electron chi connectivity index (χ4n) is 0.253. The lowest BCUT2D eigenvalue weighted by Gasteiger charge is -1.95. The topological polar surface area (TPSA) is 77.3 Å². The highest BCUT2D eigenvalue weighted by Gasteiger charge is 2.46. The monoisotopic (exact) mass is 163 g/mol. The van der Waals surface area contributed by atoms with E-state index in [1.54, 1.807) is 0 Å². The van der Waals surface area contributed by atoms with Crippen molar-refractivity contribution in [2.75, 3.05) is 0 Å². The van der Waals surface area contributed by atoms with Crippen LogP contribution in [-0.4, -0.2) is 22.5 Å². The number of ketones is 1. The number of carbonyl (C=O) groups excluding carboxylic acids is 1. The molecule has 4 nitrogen and oxygen atoms in total. The summed E-state index contributed by atoms with van der Waals surface area (Å²) >= 11 is 0. The van der Waals surface area contributed by atoms with Gasteiger partial charge in [0.2, 0.25) is 0 Å². The highest BCUT2D eigenvalue weighted by Crippen LogP contribution is 2.15. The number of Topliss-reactive ketones (excluding diaryl/α,β-unsaturated/α-hetero) is 1. The normalized spacial score (nSPS) is 9.64. The molecule has 0 aliphatic carbocycles. The van der Waals surface area contributed by atoms with Gasteiger partial charge in [-0.05, 0) is 0 Å². The zero-order chi connectivity index (χ0) is 9.07. The lowest BCUT2D eigenvalue weighted by Crippen LogP contribution is -2.30. The van der Waals surface area contributed by atoms with Gasteiger partial charge in [-0.1, -0.05) is 0 Å². The number of rotatable bonds is 1. The van der Waals surface area contributed by atoms with Crippen molar-refractivity contribution in [3.8, 4) is 6.07 Å². The highest BCUT2D eigenvalue weighted by molar-refractivity contribution is 6.45. The Balaban J connectivity index is 4.82. The molecule has 7 heteroatoms. The zero-order valence-corrected chi connectivity index (χ0v) is 4.88. The first-order valence-corrected chi connectivity index (χ1v) is 2.17. The van der Waals surface area contributed by atoms with E-state index < -0.39 is 17.7 Å². The van der Waals surface area contributed by atoms with E-state index in [1.165, 1.54) is 0 Å². The summed E-state index contributed by atoms with van der Waals surface area (Å²) < 4.78 is 34.1. The fraction of sp³-hybridized carbons (Fsp3) is 0.250. The standard InChI is InChI=1S/C4F3N3O/c5-4(6,7)3(11)2(1-8)10-9. The van der Waals surface area contributed by atoms with E-state index >= 15 is 0 Å². The maximum absolute atomic E-state index is 11.4. The summed E-state index contributed by atoms with van der Waals surface area (Å²) in [6.45, 7) is 0. The van der Waals surface area contributed by atoms with Gasteiger partial charge in [0.1, 0.15) is 0 Å². The van der Waals surface area contributed by atoms with Crippen molar-refractivity contribution in [1.29, 1.82) is 5.26 Å². The maximum atomic E-state index is 11.4. The van der Waals surface area contributed by atoms with Crippen molar-refractivity contribution >= 4 is 11.5 Å². The molecule has 0 spiro atoms. The zero-order valence-electron chi connectivity index (χ0n) is 4.88. The van der Waals surface area contributed by atoms with Crippen LogP contribution in [0.25, 0.3) is 5.53 Å². The van der Waals surface area contributed by atoms with Crippen LogP contribution in [0.4, 0.5) is 13.2 Å². The summed E-state index contributed by atoms with van der Waals surface area (Å²) in [4.78, 5) is 11.8. The van der Waals surface area contributed by atoms with Crippen LogP contribution < -0.4 is 0 Å². The Morgan fingerprint density at radius 2 is 2.00 bits per heavy atom. The predicted octanol–water partition coefficient (Wildman–Crippen LogP) is 0.312. The Morgan fingerprint density at radius 1 is 1.55 bits per heavy atom. The van der Waals surface area contributed by atoms with Crippen LogP contribution in [0.2, 0.25) is 0 Å². The summed E-state index contributed by atoms with van der Waals surface area (Å²) in [6, 6.07) is 0.788. The van der Waals surface area contributed by atoms with Gasteiger partial charge in [-0.15, -0.1) is 0 Å². The molecule has 11 heavy (non-hydrogen) atoms. The minimum atomic E-state index is -5.17. The Bertz CT molecular complexity index is 267. The Labute approximate surface area is 58.5 Å². The number of carbonyl (C=O) groups is 1. The van der Waals surface area contributed by atoms with Crippen LogP contribution in [0.1, 0.15) is 0 Å². The highest BCUT2D eigenvalue weighted by atomic mass is 19.4. The molecule has 0 aromatic heterocycles. The van der Waals surface area contributed by atoms with E-state index in [9.17, 15) is 18.0 Å².